The lowest BCUT2D eigenvalue weighted by Gasteiger charge is -2.29. The van der Waals surface area contributed by atoms with E-state index < -0.39 is 0 Å². The van der Waals surface area contributed by atoms with Crippen molar-refractivity contribution in [3.8, 4) is 0 Å². The van der Waals surface area contributed by atoms with Gasteiger partial charge in [-0.05, 0) is 67.9 Å². The molecule has 2 aliphatic rings. The zero-order valence-corrected chi connectivity index (χ0v) is 15.9. The molecule has 1 fully saturated rings. The molecule has 1 amide bonds. The Kier molecular flexibility index (Phi) is 4.88. The van der Waals surface area contributed by atoms with Gasteiger partial charge in [0, 0.05) is 54.7 Å². The molecule has 26 heavy (non-hydrogen) atoms. The highest BCUT2D eigenvalue weighted by Gasteiger charge is 2.23. The Bertz CT molecular complexity index is 805. The summed E-state index contributed by atoms with van der Waals surface area (Å²) in [5.41, 5.74) is 4.65. The summed E-state index contributed by atoms with van der Waals surface area (Å²) in [7, 11) is 2.15. The Morgan fingerprint density at radius 2 is 1.65 bits per heavy atom. The number of piperidine rings is 1. The number of hydrogen-bond acceptors (Lipinski definition) is 3. The van der Waals surface area contributed by atoms with Gasteiger partial charge < -0.3 is 14.7 Å². The standard InChI is InChI=1S/C21H24ClN3O/c1-23-12-13-24(18-7-5-17(22)6-8-18)20-10-9-19(14-16(20)15-23)25-11-3-2-4-21(25)26/h5-10,14H,2-4,11-13,15H2,1H3. The molecule has 5 heteroatoms. The van der Waals surface area contributed by atoms with Crippen molar-refractivity contribution in [2.24, 2.45) is 0 Å². The van der Waals surface area contributed by atoms with Gasteiger partial charge in [-0.1, -0.05) is 11.6 Å². The van der Waals surface area contributed by atoms with Crippen molar-refractivity contribution in [2.45, 2.75) is 25.8 Å². The van der Waals surface area contributed by atoms with Crippen LogP contribution in [0.2, 0.25) is 5.02 Å². The Balaban J connectivity index is 1.72. The van der Waals surface area contributed by atoms with E-state index >= 15 is 0 Å². The average Bonchev–Trinajstić information content (AvgIpc) is 2.80. The summed E-state index contributed by atoms with van der Waals surface area (Å²) >= 11 is 6.06. The van der Waals surface area contributed by atoms with Crippen LogP contribution in [0.15, 0.2) is 42.5 Å². The Morgan fingerprint density at radius 3 is 2.42 bits per heavy atom. The number of fused-ring (bicyclic) bond motifs is 1. The molecule has 0 unspecified atom stereocenters. The van der Waals surface area contributed by atoms with Crippen molar-refractivity contribution in [3.63, 3.8) is 0 Å². The van der Waals surface area contributed by atoms with Crippen molar-refractivity contribution in [3.05, 3.63) is 53.1 Å². The van der Waals surface area contributed by atoms with E-state index in [-0.39, 0.29) is 5.91 Å². The number of nitrogens with zero attached hydrogens (tertiary/aromatic N) is 3. The molecule has 136 valence electrons. The van der Waals surface area contributed by atoms with Gasteiger partial charge in [0.15, 0.2) is 0 Å². The second kappa shape index (κ2) is 7.29. The van der Waals surface area contributed by atoms with Crippen LogP contribution in [0.1, 0.15) is 24.8 Å². The van der Waals surface area contributed by atoms with Gasteiger partial charge in [0.05, 0.1) is 0 Å². The maximum Gasteiger partial charge on any atom is 0.226 e. The second-order valence-electron chi connectivity index (χ2n) is 7.18. The molecule has 0 bridgehead atoms. The number of halogens is 1. The first-order valence-electron chi connectivity index (χ1n) is 9.27. The number of likely N-dealkylation sites (N-methyl/N-ethyl adjacent to an activating group) is 1. The van der Waals surface area contributed by atoms with Crippen LogP contribution in [0.3, 0.4) is 0 Å². The van der Waals surface area contributed by atoms with Crippen LogP contribution in [-0.2, 0) is 11.3 Å². The summed E-state index contributed by atoms with van der Waals surface area (Å²) in [6, 6.07) is 14.5. The van der Waals surface area contributed by atoms with Crippen molar-refractivity contribution in [1.29, 1.82) is 0 Å². The van der Waals surface area contributed by atoms with E-state index in [9.17, 15) is 4.79 Å². The van der Waals surface area contributed by atoms with Crippen LogP contribution in [-0.4, -0.2) is 37.5 Å². The minimum atomic E-state index is 0.243. The molecule has 0 aromatic heterocycles. The van der Waals surface area contributed by atoms with Crippen LogP contribution in [0.25, 0.3) is 0 Å². The van der Waals surface area contributed by atoms with Gasteiger partial charge in [0.25, 0.3) is 0 Å². The van der Waals surface area contributed by atoms with E-state index in [0.29, 0.717) is 6.42 Å². The third kappa shape index (κ3) is 3.44. The fourth-order valence-electron chi connectivity index (χ4n) is 3.86. The molecule has 2 aliphatic heterocycles. The van der Waals surface area contributed by atoms with Crippen molar-refractivity contribution < 1.29 is 4.79 Å². The number of carbonyl (C=O) groups is 1. The normalized spacial score (nSPS) is 18.6. The lowest BCUT2D eigenvalue weighted by Crippen LogP contribution is -2.35. The van der Waals surface area contributed by atoms with E-state index in [1.165, 1.54) is 11.3 Å². The van der Waals surface area contributed by atoms with Gasteiger partial charge in [0.1, 0.15) is 0 Å². The summed E-state index contributed by atoms with van der Waals surface area (Å²) in [6.45, 7) is 3.62. The van der Waals surface area contributed by atoms with Gasteiger partial charge in [-0.3, -0.25) is 4.79 Å². The summed E-state index contributed by atoms with van der Waals surface area (Å²) in [5.74, 6) is 0.243. The summed E-state index contributed by atoms with van der Waals surface area (Å²) in [5, 5.41) is 0.750. The molecule has 2 aromatic carbocycles. The molecule has 0 saturated carbocycles. The Morgan fingerprint density at radius 1 is 0.885 bits per heavy atom. The summed E-state index contributed by atoms with van der Waals surface area (Å²) in [4.78, 5) is 18.9. The highest BCUT2D eigenvalue weighted by molar-refractivity contribution is 6.30. The molecule has 0 N–H and O–H groups in total. The predicted molar refractivity (Wildman–Crippen MR) is 107 cm³/mol. The molecule has 4 rings (SSSR count). The zero-order chi connectivity index (χ0) is 18.1. The van der Waals surface area contributed by atoms with E-state index in [2.05, 4.69) is 47.2 Å². The monoisotopic (exact) mass is 369 g/mol. The van der Waals surface area contributed by atoms with Gasteiger partial charge in [-0.25, -0.2) is 0 Å². The molecule has 0 atom stereocenters. The SMILES string of the molecule is CN1CCN(c2ccc(Cl)cc2)c2ccc(N3CCCCC3=O)cc2C1. The Labute approximate surface area is 160 Å². The number of amides is 1. The number of anilines is 3. The maximum atomic E-state index is 12.3. The molecular formula is C21H24ClN3O. The van der Waals surface area contributed by atoms with E-state index in [1.807, 2.05) is 17.0 Å². The van der Waals surface area contributed by atoms with Crippen LogP contribution in [0.4, 0.5) is 17.1 Å². The molecule has 0 radical (unpaired) electrons. The average molecular weight is 370 g/mol. The lowest BCUT2D eigenvalue weighted by atomic mass is 10.1. The number of hydrogen-bond donors (Lipinski definition) is 0. The first-order valence-corrected chi connectivity index (χ1v) is 9.64. The first-order chi connectivity index (χ1) is 12.6. The largest absolute Gasteiger partial charge is 0.340 e. The van der Waals surface area contributed by atoms with Gasteiger partial charge >= 0.3 is 0 Å². The predicted octanol–water partition coefficient (Wildman–Crippen LogP) is 4.44. The minimum absolute atomic E-state index is 0.243. The Hall–Kier alpha value is -2.04. The number of benzene rings is 2. The quantitative estimate of drug-likeness (QED) is 0.783. The molecule has 2 aromatic rings. The second-order valence-corrected chi connectivity index (χ2v) is 7.62. The fraction of sp³-hybridized carbons (Fsp3) is 0.381. The first kappa shape index (κ1) is 17.4. The van der Waals surface area contributed by atoms with Crippen LogP contribution in [0, 0.1) is 0 Å². The van der Waals surface area contributed by atoms with Gasteiger partial charge in [0.2, 0.25) is 5.91 Å². The van der Waals surface area contributed by atoms with Gasteiger partial charge in [-0.2, -0.15) is 0 Å². The van der Waals surface area contributed by atoms with E-state index in [4.69, 9.17) is 11.6 Å². The summed E-state index contributed by atoms with van der Waals surface area (Å²) < 4.78 is 0. The highest BCUT2D eigenvalue weighted by Crippen LogP contribution is 2.35. The third-order valence-electron chi connectivity index (χ3n) is 5.27. The molecule has 2 heterocycles. The molecule has 4 nitrogen and oxygen atoms in total. The van der Waals surface area contributed by atoms with Crippen molar-refractivity contribution in [2.75, 3.05) is 36.5 Å². The minimum Gasteiger partial charge on any atom is -0.340 e. The van der Waals surface area contributed by atoms with Crippen molar-refractivity contribution >= 4 is 34.6 Å². The van der Waals surface area contributed by atoms with Crippen molar-refractivity contribution in [1.82, 2.24) is 4.90 Å². The van der Waals surface area contributed by atoms with Gasteiger partial charge in [-0.15, -0.1) is 0 Å². The fourth-order valence-corrected chi connectivity index (χ4v) is 3.98. The molecule has 0 aliphatic carbocycles. The molecule has 0 spiro atoms. The number of rotatable bonds is 2. The van der Waals surface area contributed by atoms with Crippen LogP contribution < -0.4 is 9.80 Å². The summed E-state index contributed by atoms with van der Waals surface area (Å²) in [6.07, 6.45) is 2.75. The molecular weight excluding hydrogens is 346 g/mol. The van der Waals surface area contributed by atoms with E-state index in [1.54, 1.807) is 0 Å². The third-order valence-corrected chi connectivity index (χ3v) is 5.52. The highest BCUT2D eigenvalue weighted by atomic mass is 35.5. The van der Waals surface area contributed by atoms with E-state index in [0.717, 1.165) is 55.4 Å². The zero-order valence-electron chi connectivity index (χ0n) is 15.1. The van der Waals surface area contributed by atoms with Crippen LogP contribution >= 0.6 is 11.6 Å². The topological polar surface area (TPSA) is 26.8 Å². The maximum absolute atomic E-state index is 12.3. The smallest absolute Gasteiger partial charge is 0.226 e. The molecule has 1 saturated heterocycles. The van der Waals surface area contributed by atoms with Crippen LogP contribution in [0.5, 0.6) is 0 Å². The lowest BCUT2D eigenvalue weighted by molar-refractivity contribution is -0.119. The number of carbonyl (C=O) groups excluding carboxylic acids is 1.